The first-order valence-electron chi connectivity index (χ1n) is 8.14. The summed E-state index contributed by atoms with van der Waals surface area (Å²) in [4.78, 5) is 0.329. The highest BCUT2D eigenvalue weighted by atomic mass is 32.2. The highest BCUT2D eigenvalue weighted by molar-refractivity contribution is 7.89. The Morgan fingerprint density at radius 1 is 1.04 bits per heavy atom. The van der Waals surface area contributed by atoms with Gasteiger partial charge in [0.2, 0.25) is 10.0 Å². The van der Waals surface area contributed by atoms with Crippen LogP contribution >= 0.6 is 7.14 Å². The summed E-state index contributed by atoms with van der Waals surface area (Å²) in [5.41, 5.74) is 0.982. The van der Waals surface area contributed by atoms with E-state index in [1.807, 2.05) is 49.4 Å². The molecule has 24 heavy (non-hydrogen) atoms. The zero-order chi connectivity index (χ0) is 16.9. The molecule has 3 unspecified atom stereocenters. The van der Waals surface area contributed by atoms with Crippen molar-refractivity contribution in [2.24, 2.45) is 0 Å². The molecule has 2 heterocycles. The van der Waals surface area contributed by atoms with Gasteiger partial charge >= 0.3 is 0 Å². The fourth-order valence-electron chi connectivity index (χ4n) is 3.93. The van der Waals surface area contributed by atoms with E-state index in [1.165, 1.54) is 0 Å². The van der Waals surface area contributed by atoms with E-state index in [-0.39, 0.29) is 11.7 Å². The molecule has 2 aromatic rings. The normalized spacial score (nSPS) is 29.9. The number of sulfonamides is 1. The van der Waals surface area contributed by atoms with Gasteiger partial charge in [-0.3, -0.25) is 0 Å². The Bertz CT molecular complexity index is 909. The van der Waals surface area contributed by atoms with Gasteiger partial charge in [-0.25, -0.2) is 8.42 Å². The van der Waals surface area contributed by atoms with Crippen molar-refractivity contribution in [1.82, 2.24) is 4.31 Å². The van der Waals surface area contributed by atoms with Gasteiger partial charge in [-0.15, -0.1) is 0 Å². The highest BCUT2D eigenvalue weighted by Crippen LogP contribution is 2.62. The molecule has 2 aliphatic heterocycles. The molecule has 6 heteroatoms. The van der Waals surface area contributed by atoms with Crippen LogP contribution in [0.2, 0.25) is 0 Å². The lowest BCUT2D eigenvalue weighted by molar-refractivity contribution is 0.403. The summed E-state index contributed by atoms with van der Waals surface area (Å²) in [5.74, 6) is 0. The van der Waals surface area contributed by atoms with Crippen LogP contribution in [0.15, 0.2) is 59.5 Å². The molecular weight excluding hydrogens is 341 g/mol. The molecule has 0 amide bonds. The number of hydrogen-bond acceptors (Lipinski definition) is 3. The average molecular weight is 361 g/mol. The lowest BCUT2D eigenvalue weighted by atomic mass is 10.2. The molecule has 2 bridgehead atoms. The van der Waals surface area contributed by atoms with Gasteiger partial charge in [0.15, 0.2) is 0 Å². The minimum absolute atomic E-state index is 0.0508. The Morgan fingerprint density at radius 2 is 1.71 bits per heavy atom. The second kappa shape index (κ2) is 5.55. The minimum Gasteiger partial charge on any atom is -0.318 e. The standard InChI is InChI=1S/C18H20NO3PS/c1-14-7-9-18(10-8-14)24(21,22)19-12-17-11-15(19)13-23(17,20)16-5-3-2-4-6-16/h2-10,15,17H,11-13H2,1H3. The van der Waals surface area contributed by atoms with Crippen LogP contribution in [-0.4, -0.2) is 37.1 Å². The molecule has 0 N–H and O–H groups in total. The Hall–Kier alpha value is -1.42. The van der Waals surface area contributed by atoms with Gasteiger partial charge in [-0.2, -0.15) is 4.31 Å². The molecule has 2 aliphatic rings. The third-order valence-corrected chi connectivity index (χ3v) is 10.9. The SMILES string of the molecule is Cc1ccc(S(=O)(=O)N2CC3CC2CP3(=O)c2ccccc2)cc1. The molecule has 2 saturated heterocycles. The number of benzene rings is 2. The van der Waals surface area contributed by atoms with E-state index in [0.29, 0.717) is 24.0 Å². The second-order valence-electron chi connectivity index (χ2n) is 6.74. The van der Waals surface area contributed by atoms with Crippen molar-refractivity contribution < 1.29 is 13.0 Å². The molecule has 4 rings (SSSR count). The van der Waals surface area contributed by atoms with Crippen LogP contribution in [0, 0.1) is 6.92 Å². The number of rotatable bonds is 3. The minimum atomic E-state index is -3.51. The van der Waals surface area contributed by atoms with E-state index >= 15 is 0 Å². The molecule has 0 spiro atoms. The third kappa shape index (κ3) is 2.38. The molecule has 0 radical (unpaired) electrons. The molecule has 2 aromatic carbocycles. The molecule has 0 saturated carbocycles. The van der Waals surface area contributed by atoms with Crippen molar-refractivity contribution in [2.75, 3.05) is 12.7 Å². The van der Waals surface area contributed by atoms with Gasteiger partial charge in [0.05, 0.1) is 4.90 Å². The van der Waals surface area contributed by atoms with Crippen molar-refractivity contribution in [1.29, 1.82) is 0 Å². The maximum absolute atomic E-state index is 13.4. The van der Waals surface area contributed by atoms with E-state index in [4.69, 9.17) is 0 Å². The zero-order valence-corrected chi connectivity index (χ0v) is 15.2. The van der Waals surface area contributed by atoms with Crippen LogP contribution in [0.5, 0.6) is 0 Å². The summed E-state index contributed by atoms with van der Waals surface area (Å²) in [6.07, 6.45) is 1.17. The van der Waals surface area contributed by atoms with E-state index < -0.39 is 17.2 Å². The van der Waals surface area contributed by atoms with E-state index in [9.17, 15) is 13.0 Å². The Balaban J connectivity index is 1.63. The maximum Gasteiger partial charge on any atom is 0.243 e. The molecular formula is C18H20NO3PS. The first-order chi connectivity index (χ1) is 11.4. The van der Waals surface area contributed by atoms with Crippen LogP contribution in [0.25, 0.3) is 0 Å². The summed E-state index contributed by atoms with van der Waals surface area (Å²) < 4.78 is 40.8. The van der Waals surface area contributed by atoms with E-state index in [1.54, 1.807) is 16.4 Å². The van der Waals surface area contributed by atoms with Crippen molar-refractivity contribution in [3.05, 3.63) is 60.2 Å². The molecule has 0 aliphatic carbocycles. The largest absolute Gasteiger partial charge is 0.318 e. The van der Waals surface area contributed by atoms with Crippen molar-refractivity contribution in [2.45, 2.75) is 29.9 Å². The predicted octanol–water partition coefficient (Wildman–Crippen LogP) is 2.83. The Kier molecular flexibility index (Phi) is 3.72. The monoisotopic (exact) mass is 361 g/mol. The van der Waals surface area contributed by atoms with Gasteiger partial charge in [0.1, 0.15) is 7.14 Å². The Labute approximate surface area is 142 Å². The zero-order valence-electron chi connectivity index (χ0n) is 13.5. The van der Waals surface area contributed by atoms with Crippen LogP contribution < -0.4 is 5.30 Å². The van der Waals surface area contributed by atoms with Crippen molar-refractivity contribution >= 4 is 22.5 Å². The fraction of sp³-hybridized carbons (Fsp3) is 0.333. The van der Waals surface area contributed by atoms with Crippen LogP contribution in [0.3, 0.4) is 0 Å². The van der Waals surface area contributed by atoms with Gasteiger partial charge < -0.3 is 4.57 Å². The number of nitrogens with zero attached hydrogens (tertiary/aromatic N) is 1. The third-order valence-electron chi connectivity index (χ3n) is 5.23. The Morgan fingerprint density at radius 3 is 2.29 bits per heavy atom. The number of aryl methyl sites for hydroxylation is 1. The van der Waals surface area contributed by atoms with Crippen LogP contribution in [0.4, 0.5) is 0 Å². The topological polar surface area (TPSA) is 54.5 Å². The average Bonchev–Trinajstić information content (AvgIpc) is 3.14. The van der Waals surface area contributed by atoms with E-state index in [0.717, 1.165) is 10.9 Å². The molecule has 3 atom stereocenters. The van der Waals surface area contributed by atoms with Crippen molar-refractivity contribution in [3.63, 3.8) is 0 Å². The maximum atomic E-state index is 13.4. The van der Waals surface area contributed by atoms with Gasteiger partial charge in [0.25, 0.3) is 0 Å². The van der Waals surface area contributed by atoms with Gasteiger partial charge in [0, 0.05) is 29.7 Å². The first kappa shape index (κ1) is 16.1. The summed E-state index contributed by atoms with van der Waals surface area (Å²) in [7, 11) is -6.00. The van der Waals surface area contributed by atoms with E-state index in [2.05, 4.69) is 0 Å². The smallest absolute Gasteiger partial charge is 0.243 e. The lowest BCUT2D eigenvalue weighted by Gasteiger charge is -2.31. The van der Waals surface area contributed by atoms with Crippen molar-refractivity contribution in [3.8, 4) is 0 Å². The second-order valence-corrected chi connectivity index (χ2v) is 11.8. The molecule has 2 fully saturated rings. The lowest BCUT2D eigenvalue weighted by Crippen LogP contribution is -2.41. The highest BCUT2D eigenvalue weighted by Gasteiger charge is 2.55. The van der Waals surface area contributed by atoms with Gasteiger partial charge in [-0.1, -0.05) is 48.0 Å². The summed E-state index contributed by atoms with van der Waals surface area (Å²) in [6.45, 7) is 2.30. The molecule has 0 aromatic heterocycles. The van der Waals surface area contributed by atoms with Gasteiger partial charge in [-0.05, 0) is 25.5 Å². The summed E-state index contributed by atoms with van der Waals surface area (Å²) >= 11 is 0. The summed E-state index contributed by atoms with van der Waals surface area (Å²) in [6, 6.07) is 16.4. The predicted molar refractivity (Wildman–Crippen MR) is 95.8 cm³/mol. The fourth-order valence-corrected chi connectivity index (χ4v) is 9.43. The molecule has 126 valence electrons. The van der Waals surface area contributed by atoms with Crippen LogP contribution in [-0.2, 0) is 14.6 Å². The first-order valence-corrected chi connectivity index (χ1v) is 11.5. The summed E-state index contributed by atoms with van der Waals surface area (Å²) in [5, 5.41) is 0.893. The number of hydrogen-bond donors (Lipinski definition) is 0. The molecule has 4 nitrogen and oxygen atoms in total. The van der Waals surface area contributed by atoms with Crippen LogP contribution in [0.1, 0.15) is 12.0 Å². The quantitative estimate of drug-likeness (QED) is 0.790. The number of fused-ring (bicyclic) bond motifs is 2.